The Morgan fingerprint density at radius 3 is 2.53 bits per heavy atom. The monoisotopic (exact) mass is 320 g/mol. The molecule has 19 heavy (non-hydrogen) atoms. The van der Waals surface area contributed by atoms with Crippen LogP contribution in [0.3, 0.4) is 0 Å². The van der Waals surface area contributed by atoms with Crippen LogP contribution in [-0.2, 0) is 6.42 Å². The van der Waals surface area contributed by atoms with Crippen LogP contribution in [0.1, 0.15) is 17.2 Å². The van der Waals surface area contributed by atoms with Crippen LogP contribution in [0, 0.1) is 0 Å². The quantitative estimate of drug-likeness (QED) is 0.657. The maximum Gasteiger partial charge on any atom is 0.133 e. The van der Waals surface area contributed by atoms with Gasteiger partial charge in [-0.15, -0.1) is 0 Å². The van der Waals surface area contributed by atoms with Gasteiger partial charge in [-0.2, -0.15) is 0 Å². The molecule has 2 aromatic carbocycles. The van der Waals surface area contributed by atoms with E-state index in [4.69, 9.17) is 10.6 Å². The minimum atomic E-state index is 0.0737. The van der Waals surface area contributed by atoms with Gasteiger partial charge in [0.25, 0.3) is 0 Å². The van der Waals surface area contributed by atoms with Crippen LogP contribution in [0.4, 0.5) is 0 Å². The smallest absolute Gasteiger partial charge is 0.133 e. The van der Waals surface area contributed by atoms with Crippen LogP contribution in [0.15, 0.2) is 53.0 Å². The molecule has 0 fully saturated rings. The molecule has 0 heterocycles. The first kappa shape index (κ1) is 14.1. The fourth-order valence-corrected chi connectivity index (χ4v) is 2.58. The number of nitrogens with two attached hydrogens (primary N) is 1. The Kier molecular flexibility index (Phi) is 4.96. The number of benzene rings is 2. The number of hydrogen-bond acceptors (Lipinski definition) is 3. The van der Waals surface area contributed by atoms with Gasteiger partial charge in [0.15, 0.2) is 0 Å². The van der Waals surface area contributed by atoms with Crippen molar-refractivity contribution < 1.29 is 4.74 Å². The molecule has 3 nitrogen and oxygen atoms in total. The van der Waals surface area contributed by atoms with E-state index >= 15 is 0 Å². The van der Waals surface area contributed by atoms with Crippen molar-refractivity contribution in [2.75, 3.05) is 7.11 Å². The number of hydrazine groups is 1. The standard InChI is InChI=1S/C15H17BrN2O/c1-19-15-8-7-12(10-13(15)16)14(18-17)9-11-5-3-2-4-6-11/h2-8,10,14,18H,9,17H2,1H3. The third kappa shape index (κ3) is 3.56. The topological polar surface area (TPSA) is 47.3 Å². The van der Waals surface area contributed by atoms with E-state index < -0.39 is 0 Å². The molecule has 0 aliphatic carbocycles. The second-order valence-corrected chi connectivity index (χ2v) is 5.16. The van der Waals surface area contributed by atoms with Crippen molar-refractivity contribution in [3.8, 4) is 5.75 Å². The van der Waals surface area contributed by atoms with E-state index in [0.717, 1.165) is 22.2 Å². The summed E-state index contributed by atoms with van der Waals surface area (Å²) in [5.74, 6) is 6.50. The molecule has 0 amide bonds. The third-order valence-electron chi connectivity index (χ3n) is 3.06. The van der Waals surface area contributed by atoms with E-state index in [2.05, 4.69) is 33.5 Å². The Bertz CT molecular complexity index is 531. The molecule has 0 bridgehead atoms. The summed E-state index contributed by atoms with van der Waals surface area (Å²) in [6.07, 6.45) is 0.843. The first-order chi connectivity index (χ1) is 9.24. The number of hydrogen-bond donors (Lipinski definition) is 2. The fraction of sp³-hybridized carbons (Fsp3) is 0.200. The average molecular weight is 321 g/mol. The summed E-state index contributed by atoms with van der Waals surface area (Å²) in [4.78, 5) is 0. The van der Waals surface area contributed by atoms with Crippen molar-refractivity contribution in [3.63, 3.8) is 0 Å². The summed E-state index contributed by atoms with van der Waals surface area (Å²) in [6, 6.07) is 16.4. The van der Waals surface area contributed by atoms with Gasteiger partial charge in [0.1, 0.15) is 5.75 Å². The first-order valence-corrected chi connectivity index (χ1v) is 6.87. The highest BCUT2D eigenvalue weighted by atomic mass is 79.9. The summed E-state index contributed by atoms with van der Waals surface area (Å²) in [7, 11) is 1.66. The molecule has 0 radical (unpaired) electrons. The largest absolute Gasteiger partial charge is 0.496 e. The molecule has 1 unspecified atom stereocenters. The lowest BCUT2D eigenvalue weighted by atomic mass is 9.99. The summed E-state index contributed by atoms with van der Waals surface area (Å²) < 4.78 is 6.16. The lowest BCUT2D eigenvalue weighted by molar-refractivity contribution is 0.411. The van der Waals surface area contributed by atoms with Crippen LogP contribution in [-0.4, -0.2) is 7.11 Å². The molecule has 0 aromatic heterocycles. The van der Waals surface area contributed by atoms with Gasteiger partial charge in [0, 0.05) is 0 Å². The average Bonchev–Trinajstić information content (AvgIpc) is 2.46. The van der Waals surface area contributed by atoms with E-state index in [9.17, 15) is 0 Å². The van der Waals surface area contributed by atoms with Gasteiger partial charge in [-0.3, -0.25) is 11.3 Å². The van der Waals surface area contributed by atoms with Gasteiger partial charge in [-0.1, -0.05) is 36.4 Å². The van der Waals surface area contributed by atoms with Gasteiger partial charge in [0.05, 0.1) is 17.6 Å². The Morgan fingerprint density at radius 2 is 1.95 bits per heavy atom. The molecule has 0 aliphatic heterocycles. The van der Waals surface area contributed by atoms with E-state index in [-0.39, 0.29) is 6.04 Å². The molecular formula is C15H17BrN2O. The molecule has 100 valence electrons. The maximum absolute atomic E-state index is 5.68. The summed E-state index contributed by atoms with van der Waals surface area (Å²) >= 11 is 3.50. The number of rotatable bonds is 5. The molecular weight excluding hydrogens is 304 g/mol. The van der Waals surface area contributed by atoms with Crippen LogP contribution in [0.25, 0.3) is 0 Å². The van der Waals surface area contributed by atoms with Crippen LogP contribution >= 0.6 is 15.9 Å². The zero-order valence-electron chi connectivity index (χ0n) is 10.8. The SMILES string of the molecule is COc1ccc(C(Cc2ccccc2)NN)cc1Br. The van der Waals surface area contributed by atoms with Crippen molar-refractivity contribution in [3.05, 3.63) is 64.1 Å². The zero-order valence-corrected chi connectivity index (χ0v) is 12.4. The predicted molar refractivity (Wildman–Crippen MR) is 80.9 cm³/mol. The lowest BCUT2D eigenvalue weighted by Crippen LogP contribution is -2.29. The highest BCUT2D eigenvalue weighted by molar-refractivity contribution is 9.10. The van der Waals surface area contributed by atoms with E-state index in [1.807, 2.05) is 36.4 Å². The van der Waals surface area contributed by atoms with Crippen LogP contribution in [0.5, 0.6) is 5.75 Å². The molecule has 0 saturated carbocycles. The Hall–Kier alpha value is -1.36. The van der Waals surface area contributed by atoms with Crippen LogP contribution in [0.2, 0.25) is 0 Å². The minimum Gasteiger partial charge on any atom is -0.496 e. The number of ether oxygens (including phenoxy) is 1. The van der Waals surface area contributed by atoms with Crippen LogP contribution < -0.4 is 16.0 Å². The van der Waals surface area contributed by atoms with Crippen molar-refractivity contribution in [1.82, 2.24) is 5.43 Å². The third-order valence-corrected chi connectivity index (χ3v) is 3.68. The van der Waals surface area contributed by atoms with E-state index in [0.29, 0.717) is 0 Å². The number of methoxy groups -OCH3 is 1. The van der Waals surface area contributed by atoms with Crippen molar-refractivity contribution >= 4 is 15.9 Å². The van der Waals surface area contributed by atoms with Crippen molar-refractivity contribution in [2.24, 2.45) is 5.84 Å². The van der Waals surface area contributed by atoms with Crippen molar-refractivity contribution in [1.29, 1.82) is 0 Å². The van der Waals surface area contributed by atoms with Gasteiger partial charge in [-0.25, -0.2) is 0 Å². The second-order valence-electron chi connectivity index (χ2n) is 4.30. The number of halogens is 1. The van der Waals surface area contributed by atoms with Crippen molar-refractivity contribution in [2.45, 2.75) is 12.5 Å². The highest BCUT2D eigenvalue weighted by Gasteiger charge is 2.12. The minimum absolute atomic E-state index is 0.0737. The summed E-state index contributed by atoms with van der Waals surface area (Å²) in [5.41, 5.74) is 5.24. The zero-order chi connectivity index (χ0) is 13.7. The fourth-order valence-electron chi connectivity index (χ4n) is 2.02. The lowest BCUT2D eigenvalue weighted by Gasteiger charge is -2.17. The van der Waals surface area contributed by atoms with E-state index in [1.54, 1.807) is 7.11 Å². The molecule has 4 heteroatoms. The van der Waals surface area contributed by atoms with Gasteiger partial charge in [0.2, 0.25) is 0 Å². The van der Waals surface area contributed by atoms with Gasteiger partial charge < -0.3 is 4.74 Å². The molecule has 0 spiro atoms. The Morgan fingerprint density at radius 1 is 1.21 bits per heavy atom. The molecule has 2 aromatic rings. The molecule has 0 saturated heterocycles. The second kappa shape index (κ2) is 6.70. The van der Waals surface area contributed by atoms with Gasteiger partial charge >= 0.3 is 0 Å². The normalized spacial score (nSPS) is 12.2. The summed E-state index contributed by atoms with van der Waals surface area (Å²) in [6.45, 7) is 0. The molecule has 0 aliphatic rings. The number of nitrogens with one attached hydrogen (secondary N) is 1. The van der Waals surface area contributed by atoms with Gasteiger partial charge in [-0.05, 0) is 45.6 Å². The molecule has 3 N–H and O–H groups in total. The highest BCUT2D eigenvalue weighted by Crippen LogP contribution is 2.29. The Labute approximate surface area is 121 Å². The first-order valence-electron chi connectivity index (χ1n) is 6.08. The summed E-state index contributed by atoms with van der Waals surface area (Å²) in [5, 5.41) is 0. The molecule has 1 atom stereocenters. The Balaban J connectivity index is 2.20. The predicted octanol–water partition coefficient (Wildman–Crippen LogP) is 3.20. The molecule has 2 rings (SSSR count). The van der Waals surface area contributed by atoms with E-state index in [1.165, 1.54) is 5.56 Å². The maximum atomic E-state index is 5.68.